The SMILES string of the molecule is Cc1ccc(O)c(CN2CC(CO)CCC2C)n1. The minimum atomic E-state index is 0.246. The van der Waals surface area contributed by atoms with E-state index in [0.717, 1.165) is 30.8 Å². The van der Waals surface area contributed by atoms with Crippen molar-refractivity contribution in [1.82, 2.24) is 9.88 Å². The molecule has 2 unspecified atom stereocenters. The maximum Gasteiger partial charge on any atom is 0.138 e. The van der Waals surface area contributed by atoms with Gasteiger partial charge in [-0.05, 0) is 44.7 Å². The maximum absolute atomic E-state index is 9.84. The number of piperidine rings is 1. The molecule has 0 amide bonds. The van der Waals surface area contributed by atoms with E-state index in [-0.39, 0.29) is 12.4 Å². The lowest BCUT2D eigenvalue weighted by molar-refractivity contribution is 0.0755. The molecule has 2 heterocycles. The van der Waals surface area contributed by atoms with Crippen molar-refractivity contribution in [3.05, 3.63) is 23.5 Å². The molecular weight excluding hydrogens is 228 g/mol. The first-order valence-corrected chi connectivity index (χ1v) is 6.60. The van der Waals surface area contributed by atoms with Crippen molar-refractivity contribution in [2.24, 2.45) is 5.92 Å². The fourth-order valence-electron chi connectivity index (χ4n) is 2.54. The lowest BCUT2D eigenvalue weighted by atomic mass is 9.94. The van der Waals surface area contributed by atoms with Crippen LogP contribution in [0.1, 0.15) is 31.2 Å². The van der Waals surface area contributed by atoms with Crippen LogP contribution in [-0.2, 0) is 6.54 Å². The Morgan fingerprint density at radius 1 is 1.39 bits per heavy atom. The summed E-state index contributed by atoms with van der Waals surface area (Å²) < 4.78 is 0. The maximum atomic E-state index is 9.84. The van der Waals surface area contributed by atoms with Crippen LogP contribution in [0.3, 0.4) is 0 Å². The van der Waals surface area contributed by atoms with E-state index in [9.17, 15) is 10.2 Å². The molecule has 2 N–H and O–H groups in total. The second-order valence-corrected chi connectivity index (χ2v) is 5.32. The number of aromatic nitrogens is 1. The Balaban J connectivity index is 2.09. The van der Waals surface area contributed by atoms with Crippen LogP contribution in [-0.4, -0.2) is 39.3 Å². The molecule has 4 heteroatoms. The molecule has 1 saturated heterocycles. The van der Waals surface area contributed by atoms with Gasteiger partial charge in [-0.1, -0.05) is 0 Å². The lowest BCUT2D eigenvalue weighted by Crippen LogP contribution is -2.42. The molecule has 100 valence electrons. The monoisotopic (exact) mass is 250 g/mol. The summed E-state index contributed by atoms with van der Waals surface area (Å²) in [6, 6.07) is 4.00. The zero-order valence-corrected chi connectivity index (χ0v) is 11.1. The second kappa shape index (κ2) is 5.67. The van der Waals surface area contributed by atoms with Crippen LogP contribution in [0.5, 0.6) is 5.75 Å². The predicted octanol–water partition coefficient (Wildman–Crippen LogP) is 1.69. The van der Waals surface area contributed by atoms with Crippen LogP contribution in [0, 0.1) is 12.8 Å². The van der Waals surface area contributed by atoms with Gasteiger partial charge in [0.15, 0.2) is 0 Å². The molecule has 1 aliphatic heterocycles. The van der Waals surface area contributed by atoms with E-state index < -0.39 is 0 Å². The highest BCUT2D eigenvalue weighted by Crippen LogP contribution is 2.25. The highest BCUT2D eigenvalue weighted by Gasteiger charge is 2.25. The molecule has 0 saturated carbocycles. The van der Waals surface area contributed by atoms with Crippen molar-refractivity contribution >= 4 is 0 Å². The topological polar surface area (TPSA) is 56.6 Å². The summed E-state index contributed by atoms with van der Waals surface area (Å²) in [5, 5.41) is 19.1. The van der Waals surface area contributed by atoms with E-state index in [1.807, 2.05) is 13.0 Å². The molecule has 0 aromatic carbocycles. The molecule has 0 spiro atoms. The van der Waals surface area contributed by atoms with Gasteiger partial charge in [0, 0.05) is 31.4 Å². The van der Waals surface area contributed by atoms with Gasteiger partial charge in [0.05, 0.1) is 5.69 Å². The van der Waals surface area contributed by atoms with Crippen LogP contribution in [0.4, 0.5) is 0 Å². The number of hydrogen-bond donors (Lipinski definition) is 2. The van der Waals surface area contributed by atoms with Crippen molar-refractivity contribution in [2.45, 2.75) is 39.3 Å². The highest BCUT2D eigenvalue weighted by molar-refractivity contribution is 5.27. The Kier molecular flexibility index (Phi) is 4.19. The molecular formula is C14H22N2O2. The van der Waals surface area contributed by atoms with Gasteiger partial charge in [-0.3, -0.25) is 9.88 Å². The van der Waals surface area contributed by atoms with E-state index in [4.69, 9.17) is 0 Å². The minimum Gasteiger partial charge on any atom is -0.506 e. The first-order chi connectivity index (χ1) is 8.60. The first kappa shape index (κ1) is 13.3. The molecule has 0 radical (unpaired) electrons. The number of nitrogens with zero attached hydrogens (tertiary/aromatic N) is 2. The third-order valence-electron chi connectivity index (χ3n) is 3.81. The average Bonchev–Trinajstić information content (AvgIpc) is 2.36. The highest BCUT2D eigenvalue weighted by atomic mass is 16.3. The molecule has 1 aromatic rings. The summed E-state index contributed by atoms with van der Waals surface area (Å²) in [5.41, 5.74) is 1.66. The molecule has 1 fully saturated rings. The van der Waals surface area contributed by atoms with Gasteiger partial charge >= 0.3 is 0 Å². The van der Waals surface area contributed by atoms with Crippen molar-refractivity contribution in [3.8, 4) is 5.75 Å². The van der Waals surface area contributed by atoms with Gasteiger partial charge < -0.3 is 10.2 Å². The quantitative estimate of drug-likeness (QED) is 0.857. The van der Waals surface area contributed by atoms with Crippen molar-refractivity contribution in [3.63, 3.8) is 0 Å². The Bertz CT molecular complexity index is 409. The summed E-state index contributed by atoms with van der Waals surface area (Å²) in [6.07, 6.45) is 2.18. The lowest BCUT2D eigenvalue weighted by Gasteiger charge is -2.37. The number of aryl methyl sites for hydroxylation is 1. The predicted molar refractivity (Wildman–Crippen MR) is 70.3 cm³/mol. The summed E-state index contributed by atoms with van der Waals surface area (Å²) in [5.74, 6) is 0.618. The van der Waals surface area contributed by atoms with Crippen molar-refractivity contribution in [1.29, 1.82) is 0 Å². The number of likely N-dealkylation sites (tertiary alicyclic amines) is 1. The van der Waals surface area contributed by atoms with Gasteiger partial charge in [0.1, 0.15) is 5.75 Å². The average molecular weight is 250 g/mol. The van der Waals surface area contributed by atoms with Crippen LogP contribution >= 0.6 is 0 Å². The molecule has 4 nitrogen and oxygen atoms in total. The number of aliphatic hydroxyl groups is 1. The van der Waals surface area contributed by atoms with Crippen LogP contribution < -0.4 is 0 Å². The first-order valence-electron chi connectivity index (χ1n) is 6.60. The smallest absolute Gasteiger partial charge is 0.138 e. The molecule has 18 heavy (non-hydrogen) atoms. The van der Waals surface area contributed by atoms with Gasteiger partial charge in [-0.15, -0.1) is 0 Å². The molecule has 2 rings (SSSR count). The van der Waals surface area contributed by atoms with Crippen molar-refractivity contribution < 1.29 is 10.2 Å². The fraction of sp³-hybridized carbons (Fsp3) is 0.643. The van der Waals surface area contributed by atoms with E-state index >= 15 is 0 Å². The Hall–Kier alpha value is -1.13. The third-order valence-corrected chi connectivity index (χ3v) is 3.81. The van der Waals surface area contributed by atoms with E-state index in [1.165, 1.54) is 0 Å². The summed E-state index contributed by atoms with van der Waals surface area (Å²) >= 11 is 0. The molecule has 0 aliphatic carbocycles. The minimum absolute atomic E-state index is 0.246. The number of pyridine rings is 1. The summed E-state index contributed by atoms with van der Waals surface area (Å²) in [4.78, 5) is 6.70. The van der Waals surface area contributed by atoms with Crippen LogP contribution in [0.15, 0.2) is 12.1 Å². The van der Waals surface area contributed by atoms with Gasteiger partial charge in [-0.2, -0.15) is 0 Å². The Labute approximate surface area is 108 Å². The fourth-order valence-corrected chi connectivity index (χ4v) is 2.54. The number of aromatic hydroxyl groups is 1. The standard InChI is InChI=1S/C14H22N2O2/c1-10-3-6-14(18)13(15-10)8-16-7-12(9-17)5-4-11(16)2/h3,6,11-12,17-18H,4-5,7-9H2,1-2H3. The van der Waals surface area contributed by atoms with E-state index in [2.05, 4.69) is 16.8 Å². The van der Waals surface area contributed by atoms with E-state index in [1.54, 1.807) is 6.07 Å². The summed E-state index contributed by atoms with van der Waals surface area (Å²) in [7, 11) is 0. The zero-order valence-electron chi connectivity index (χ0n) is 11.1. The third kappa shape index (κ3) is 3.00. The zero-order chi connectivity index (χ0) is 13.1. The largest absolute Gasteiger partial charge is 0.506 e. The Morgan fingerprint density at radius 2 is 2.17 bits per heavy atom. The number of rotatable bonds is 3. The summed E-state index contributed by atoms with van der Waals surface area (Å²) in [6.45, 7) is 5.91. The van der Waals surface area contributed by atoms with E-state index in [0.29, 0.717) is 18.5 Å². The second-order valence-electron chi connectivity index (χ2n) is 5.32. The normalized spacial score (nSPS) is 25.3. The Morgan fingerprint density at radius 3 is 2.89 bits per heavy atom. The van der Waals surface area contributed by atoms with Gasteiger partial charge in [0.2, 0.25) is 0 Å². The molecule has 1 aliphatic rings. The molecule has 2 atom stereocenters. The molecule has 1 aromatic heterocycles. The molecule has 0 bridgehead atoms. The van der Waals surface area contributed by atoms with Gasteiger partial charge in [-0.25, -0.2) is 0 Å². The van der Waals surface area contributed by atoms with Crippen LogP contribution in [0.2, 0.25) is 0 Å². The number of aliphatic hydroxyl groups excluding tert-OH is 1. The van der Waals surface area contributed by atoms with Gasteiger partial charge in [0.25, 0.3) is 0 Å². The number of hydrogen-bond acceptors (Lipinski definition) is 4. The van der Waals surface area contributed by atoms with Crippen LogP contribution in [0.25, 0.3) is 0 Å². The van der Waals surface area contributed by atoms with Crippen molar-refractivity contribution in [2.75, 3.05) is 13.2 Å².